The average molecular weight is 292 g/mol. The Balaban J connectivity index is 2.96. The first-order chi connectivity index (χ1) is 9.37. The van der Waals surface area contributed by atoms with E-state index in [0.29, 0.717) is 19.4 Å². The van der Waals surface area contributed by atoms with Crippen LogP contribution in [0.4, 0.5) is 0 Å². The fraction of sp³-hybridized carbons (Fsp3) is 0.500. The molecular weight excluding hydrogens is 268 g/mol. The van der Waals surface area contributed by atoms with Gasteiger partial charge in [0.15, 0.2) is 0 Å². The minimum Gasteiger partial charge on any atom is -0.466 e. The van der Waals surface area contributed by atoms with E-state index in [2.05, 4.69) is 25.2 Å². The average Bonchev–Trinajstić information content (AvgIpc) is 2.38. The summed E-state index contributed by atoms with van der Waals surface area (Å²) in [5, 5.41) is 1.27. The molecule has 110 valence electrons. The monoisotopic (exact) mass is 292 g/mol. The number of hydrogen-bond acceptors (Lipinski definition) is 3. The summed E-state index contributed by atoms with van der Waals surface area (Å²) >= 11 is 0. The number of carbonyl (C=O) groups is 2. The highest BCUT2D eigenvalue weighted by molar-refractivity contribution is 6.91. The van der Waals surface area contributed by atoms with Crippen LogP contribution in [0.5, 0.6) is 0 Å². The van der Waals surface area contributed by atoms with Crippen molar-refractivity contribution in [2.24, 2.45) is 0 Å². The number of ketones is 1. The van der Waals surface area contributed by atoms with E-state index in [-0.39, 0.29) is 17.3 Å². The van der Waals surface area contributed by atoms with E-state index in [1.807, 2.05) is 18.2 Å². The molecule has 0 aromatic heterocycles. The normalized spacial score (nSPS) is 12.8. The minimum atomic E-state index is -1.89. The molecule has 0 heterocycles. The summed E-state index contributed by atoms with van der Waals surface area (Å²) in [6, 6.07) is 10.2. The molecule has 0 radical (unpaired) electrons. The van der Waals surface area contributed by atoms with Crippen LogP contribution in [0.3, 0.4) is 0 Å². The molecule has 0 aliphatic carbocycles. The van der Waals surface area contributed by atoms with Gasteiger partial charge in [-0.1, -0.05) is 48.6 Å². The maximum Gasteiger partial charge on any atom is 0.305 e. The Bertz CT molecular complexity index is 454. The highest BCUT2D eigenvalue weighted by atomic mass is 28.3. The van der Waals surface area contributed by atoms with Crippen molar-refractivity contribution in [2.45, 2.75) is 45.3 Å². The molecule has 0 N–H and O–H groups in total. The van der Waals surface area contributed by atoms with Crippen molar-refractivity contribution in [3.05, 3.63) is 30.3 Å². The predicted octanol–water partition coefficient (Wildman–Crippen LogP) is 2.90. The molecule has 0 spiro atoms. The van der Waals surface area contributed by atoms with E-state index < -0.39 is 8.07 Å². The topological polar surface area (TPSA) is 43.4 Å². The maximum absolute atomic E-state index is 11.8. The molecule has 1 aromatic carbocycles. The lowest BCUT2D eigenvalue weighted by Crippen LogP contribution is -2.47. The van der Waals surface area contributed by atoms with Gasteiger partial charge in [0.2, 0.25) is 0 Å². The lowest BCUT2D eigenvalue weighted by atomic mass is 10.2. The Morgan fingerprint density at radius 3 is 2.25 bits per heavy atom. The summed E-state index contributed by atoms with van der Waals surface area (Å²) in [7, 11) is -1.89. The molecule has 4 heteroatoms. The van der Waals surface area contributed by atoms with Gasteiger partial charge in [-0.25, -0.2) is 0 Å². The number of hydrogen-bond donors (Lipinski definition) is 0. The van der Waals surface area contributed by atoms with Crippen molar-refractivity contribution >= 4 is 25.0 Å². The summed E-state index contributed by atoms with van der Waals surface area (Å²) in [6.07, 6.45) is 0.786. The van der Waals surface area contributed by atoms with Gasteiger partial charge in [-0.05, 0) is 19.4 Å². The van der Waals surface area contributed by atoms with Gasteiger partial charge >= 0.3 is 5.97 Å². The van der Waals surface area contributed by atoms with Crippen LogP contribution in [-0.4, -0.2) is 26.4 Å². The molecule has 0 saturated carbocycles. The second kappa shape index (κ2) is 7.38. The van der Waals surface area contributed by atoms with Gasteiger partial charge in [-0.3, -0.25) is 4.79 Å². The summed E-state index contributed by atoms with van der Waals surface area (Å²) < 4.78 is 5.06. The standard InChI is InChI=1S/C16H24O3Si/c1-5-19-16(18)12-15(11-13(2)17)20(3,4)14-9-7-6-8-10-14/h6-10,15H,5,11-12H2,1-4H3. The molecule has 1 atom stereocenters. The number of ether oxygens (including phenoxy) is 1. The zero-order valence-corrected chi connectivity index (χ0v) is 13.8. The molecule has 1 aromatic rings. The molecule has 0 bridgehead atoms. The third-order valence-electron chi connectivity index (χ3n) is 3.79. The molecule has 0 fully saturated rings. The van der Waals surface area contributed by atoms with Crippen LogP contribution in [-0.2, 0) is 14.3 Å². The summed E-state index contributed by atoms with van der Waals surface area (Å²) in [6.45, 7) is 8.22. The molecule has 0 aliphatic heterocycles. The van der Waals surface area contributed by atoms with Gasteiger partial charge < -0.3 is 9.53 Å². The van der Waals surface area contributed by atoms with Gasteiger partial charge in [0.05, 0.1) is 14.7 Å². The van der Waals surface area contributed by atoms with Crippen molar-refractivity contribution < 1.29 is 14.3 Å². The first kappa shape index (κ1) is 16.6. The summed E-state index contributed by atoms with van der Waals surface area (Å²) in [5.74, 6) is -0.0638. The zero-order valence-electron chi connectivity index (χ0n) is 12.8. The van der Waals surface area contributed by atoms with E-state index in [4.69, 9.17) is 4.74 Å². The van der Waals surface area contributed by atoms with Crippen molar-refractivity contribution in [3.63, 3.8) is 0 Å². The van der Waals surface area contributed by atoms with E-state index in [1.165, 1.54) is 5.19 Å². The van der Waals surface area contributed by atoms with E-state index in [0.717, 1.165) is 0 Å². The molecule has 1 rings (SSSR count). The van der Waals surface area contributed by atoms with E-state index in [1.54, 1.807) is 13.8 Å². The van der Waals surface area contributed by atoms with Crippen molar-refractivity contribution in [1.29, 1.82) is 0 Å². The number of carbonyl (C=O) groups excluding carboxylic acids is 2. The van der Waals surface area contributed by atoms with E-state index in [9.17, 15) is 9.59 Å². The Hall–Kier alpha value is -1.42. The Labute approximate surface area is 122 Å². The highest BCUT2D eigenvalue weighted by Crippen LogP contribution is 2.30. The zero-order chi connectivity index (χ0) is 15.2. The highest BCUT2D eigenvalue weighted by Gasteiger charge is 2.36. The largest absolute Gasteiger partial charge is 0.466 e. The predicted molar refractivity (Wildman–Crippen MR) is 83.9 cm³/mol. The van der Waals surface area contributed by atoms with Gasteiger partial charge in [-0.2, -0.15) is 0 Å². The third-order valence-corrected chi connectivity index (χ3v) is 8.06. The molecular formula is C16H24O3Si. The second-order valence-electron chi connectivity index (χ2n) is 5.70. The van der Waals surface area contributed by atoms with Crippen LogP contribution >= 0.6 is 0 Å². The molecule has 3 nitrogen and oxygen atoms in total. The Morgan fingerprint density at radius 2 is 1.75 bits per heavy atom. The SMILES string of the molecule is CCOC(=O)CC(CC(C)=O)[Si](C)(C)c1ccccc1. The smallest absolute Gasteiger partial charge is 0.305 e. The van der Waals surface area contributed by atoms with E-state index >= 15 is 0 Å². The van der Waals surface area contributed by atoms with Crippen molar-refractivity contribution in [2.75, 3.05) is 6.61 Å². The number of benzene rings is 1. The lowest BCUT2D eigenvalue weighted by Gasteiger charge is -2.32. The second-order valence-corrected chi connectivity index (χ2v) is 10.5. The van der Waals surface area contributed by atoms with Gasteiger partial charge in [0, 0.05) is 12.8 Å². The molecule has 0 aliphatic rings. The van der Waals surface area contributed by atoms with Crippen LogP contribution < -0.4 is 5.19 Å². The fourth-order valence-electron chi connectivity index (χ4n) is 2.45. The fourth-order valence-corrected chi connectivity index (χ4v) is 5.45. The van der Waals surface area contributed by atoms with Crippen LogP contribution in [0.25, 0.3) is 0 Å². The van der Waals surface area contributed by atoms with Gasteiger partial charge in [-0.15, -0.1) is 0 Å². The van der Waals surface area contributed by atoms with Crippen LogP contribution in [0.15, 0.2) is 30.3 Å². The maximum atomic E-state index is 11.8. The third kappa shape index (κ3) is 4.60. The molecule has 0 saturated heterocycles. The summed E-state index contributed by atoms with van der Waals surface area (Å²) in [5.41, 5.74) is 0.0847. The van der Waals surface area contributed by atoms with Crippen molar-refractivity contribution in [1.82, 2.24) is 0 Å². The van der Waals surface area contributed by atoms with Gasteiger partial charge in [0.1, 0.15) is 5.78 Å². The quantitative estimate of drug-likeness (QED) is 0.573. The molecule has 1 unspecified atom stereocenters. The first-order valence-corrected chi connectivity index (χ1v) is 10.2. The van der Waals surface area contributed by atoms with Crippen LogP contribution in [0, 0.1) is 0 Å². The minimum absolute atomic E-state index is 0.0847. The Morgan fingerprint density at radius 1 is 1.15 bits per heavy atom. The first-order valence-electron chi connectivity index (χ1n) is 7.08. The van der Waals surface area contributed by atoms with Crippen LogP contribution in [0.2, 0.25) is 18.6 Å². The van der Waals surface area contributed by atoms with Crippen molar-refractivity contribution in [3.8, 4) is 0 Å². The Kier molecular flexibility index (Phi) is 6.14. The molecule has 20 heavy (non-hydrogen) atoms. The van der Waals surface area contributed by atoms with Gasteiger partial charge in [0.25, 0.3) is 0 Å². The number of rotatable bonds is 7. The lowest BCUT2D eigenvalue weighted by molar-refractivity contribution is -0.143. The number of esters is 1. The molecule has 0 amide bonds. The summed E-state index contributed by atoms with van der Waals surface area (Å²) in [4.78, 5) is 23.3. The van der Waals surface area contributed by atoms with Crippen LogP contribution in [0.1, 0.15) is 26.7 Å². The number of Topliss-reactive ketones (excluding diaryl/α,β-unsaturated/α-hetero) is 1.